The van der Waals surface area contributed by atoms with E-state index in [2.05, 4.69) is 9.97 Å². The third kappa shape index (κ3) is 2.70. The Morgan fingerprint density at radius 1 is 1.29 bits per heavy atom. The van der Waals surface area contributed by atoms with Crippen molar-refractivity contribution in [2.75, 3.05) is 31.1 Å². The first-order chi connectivity index (χ1) is 7.98. The maximum absolute atomic E-state index is 12.7. The molecule has 17 heavy (non-hydrogen) atoms. The van der Waals surface area contributed by atoms with Crippen molar-refractivity contribution in [1.29, 1.82) is 0 Å². The normalized spacial score (nSPS) is 18.4. The van der Waals surface area contributed by atoms with Crippen LogP contribution in [0.5, 0.6) is 0 Å². The van der Waals surface area contributed by atoms with Gasteiger partial charge in [0.1, 0.15) is 12.1 Å². The number of hydrogen-bond donors (Lipinski definition) is 0. The largest absolute Gasteiger partial charge is 0.374 e. The van der Waals surface area contributed by atoms with Crippen LogP contribution < -0.4 is 4.90 Å². The van der Waals surface area contributed by atoms with Crippen LogP contribution >= 0.6 is 0 Å². The molecule has 6 nitrogen and oxygen atoms in total. The van der Waals surface area contributed by atoms with Crippen LogP contribution in [0.4, 0.5) is 9.70 Å². The second-order valence-corrected chi connectivity index (χ2v) is 5.20. The Morgan fingerprint density at radius 2 is 1.94 bits per heavy atom. The Hall–Kier alpha value is -1.28. The van der Waals surface area contributed by atoms with Crippen molar-refractivity contribution in [1.82, 2.24) is 14.3 Å². The van der Waals surface area contributed by atoms with Crippen LogP contribution in [-0.2, 0) is 10.4 Å². The molecule has 1 aromatic rings. The average molecular weight is 260 g/mol. The highest BCUT2D eigenvalue weighted by molar-refractivity contribution is 7.83. The van der Waals surface area contributed by atoms with Crippen LogP contribution in [0.3, 0.4) is 0 Å². The van der Waals surface area contributed by atoms with Crippen molar-refractivity contribution in [2.24, 2.45) is 0 Å². The Bertz CT molecular complexity index is 499. The zero-order valence-corrected chi connectivity index (χ0v) is 10.2. The van der Waals surface area contributed by atoms with Crippen molar-refractivity contribution in [3.63, 3.8) is 0 Å². The molecular weight excluding hydrogens is 247 g/mol. The van der Waals surface area contributed by atoms with Gasteiger partial charge >= 0.3 is 10.4 Å². The average Bonchev–Trinajstić information content (AvgIpc) is 2.29. The standard InChI is InChI=1S/C9H13FN4O2S/c1-8-6-11-7-12-9(8)13-2-4-14(5-3-13)17(10,15)16/h6-7H,2-5H2,1H3. The summed E-state index contributed by atoms with van der Waals surface area (Å²) < 4.78 is 35.0. The van der Waals surface area contributed by atoms with Gasteiger partial charge in [0.15, 0.2) is 0 Å². The van der Waals surface area contributed by atoms with Gasteiger partial charge in [0, 0.05) is 37.9 Å². The first kappa shape index (κ1) is 12.2. The summed E-state index contributed by atoms with van der Waals surface area (Å²) in [5.74, 6) is 0.774. The summed E-state index contributed by atoms with van der Waals surface area (Å²) in [4.78, 5) is 9.96. The van der Waals surface area contributed by atoms with E-state index in [4.69, 9.17) is 0 Å². The predicted octanol–water partition coefficient (Wildman–Crippen LogP) is 0.121. The van der Waals surface area contributed by atoms with E-state index in [1.54, 1.807) is 6.20 Å². The zero-order chi connectivity index (χ0) is 12.5. The van der Waals surface area contributed by atoms with E-state index >= 15 is 0 Å². The van der Waals surface area contributed by atoms with Crippen LogP contribution in [-0.4, -0.2) is 48.9 Å². The molecule has 94 valence electrons. The first-order valence-corrected chi connectivity index (χ1v) is 6.54. The molecule has 0 amide bonds. The van der Waals surface area contributed by atoms with Crippen LogP contribution in [0, 0.1) is 6.92 Å². The zero-order valence-electron chi connectivity index (χ0n) is 9.37. The van der Waals surface area contributed by atoms with Gasteiger partial charge in [0.2, 0.25) is 0 Å². The first-order valence-electron chi connectivity index (χ1n) is 5.20. The van der Waals surface area contributed by atoms with E-state index in [0.717, 1.165) is 15.7 Å². The van der Waals surface area contributed by atoms with E-state index in [9.17, 15) is 12.3 Å². The monoisotopic (exact) mass is 260 g/mol. The maximum Gasteiger partial charge on any atom is 0.374 e. The summed E-state index contributed by atoms with van der Waals surface area (Å²) in [6, 6.07) is 0. The molecule has 2 heterocycles. The molecule has 0 spiro atoms. The second kappa shape index (κ2) is 4.53. The molecule has 1 aliphatic heterocycles. The van der Waals surface area contributed by atoms with Crippen molar-refractivity contribution < 1.29 is 12.3 Å². The lowest BCUT2D eigenvalue weighted by Crippen LogP contribution is -2.48. The molecule has 0 aromatic carbocycles. The van der Waals surface area contributed by atoms with Crippen molar-refractivity contribution in [3.05, 3.63) is 18.1 Å². The highest BCUT2D eigenvalue weighted by atomic mass is 32.3. The third-order valence-electron chi connectivity index (χ3n) is 2.71. The summed E-state index contributed by atoms with van der Waals surface area (Å²) >= 11 is 0. The van der Waals surface area contributed by atoms with E-state index < -0.39 is 10.4 Å². The van der Waals surface area contributed by atoms with E-state index in [1.807, 2.05) is 11.8 Å². The minimum absolute atomic E-state index is 0.141. The van der Waals surface area contributed by atoms with Gasteiger partial charge in [0.25, 0.3) is 0 Å². The molecule has 2 rings (SSSR count). The molecular formula is C9H13FN4O2S. The van der Waals surface area contributed by atoms with Gasteiger partial charge in [-0.15, -0.1) is 0 Å². The minimum atomic E-state index is -4.57. The van der Waals surface area contributed by atoms with Gasteiger partial charge < -0.3 is 4.90 Å². The van der Waals surface area contributed by atoms with Crippen LogP contribution in [0.2, 0.25) is 0 Å². The highest BCUT2D eigenvalue weighted by Gasteiger charge is 2.27. The molecule has 0 radical (unpaired) electrons. The number of hydrogen-bond acceptors (Lipinski definition) is 5. The number of piperazine rings is 1. The number of aromatic nitrogens is 2. The quantitative estimate of drug-likeness (QED) is 0.707. The minimum Gasteiger partial charge on any atom is -0.354 e. The van der Waals surface area contributed by atoms with Crippen molar-refractivity contribution in [3.8, 4) is 0 Å². The highest BCUT2D eigenvalue weighted by Crippen LogP contribution is 2.18. The molecule has 1 saturated heterocycles. The Balaban J connectivity index is 2.08. The number of anilines is 1. The number of halogens is 1. The maximum atomic E-state index is 12.7. The number of rotatable bonds is 2. The summed E-state index contributed by atoms with van der Waals surface area (Å²) in [7, 11) is -4.57. The fourth-order valence-corrected chi connectivity index (χ4v) is 2.44. The smallest absolute Gasteiger partial charge is 0.354 e. The Labute approximate surface area is 99.4 Å². The summed E-state index contributed by atoms with van der Waals surface area (Å²) in [5, 5.41) is 0. The Kier molecular flexibility index (Phi) is 3.25. The summed E-state index contributed by atoms with van der Waals surface area (Å²) in [6.07, 6.45) is 3.14. The summed E-state index contributed by atoms with van der Waals surface area (Å²) in [6.45, 7) is 3.03. The van der Waals surface area contributed by atoms with Gasteiger partial charge in [0.05, 0.1) is 0 Å². The molecule has 0 atom stereocenters. The molecule has 8 heteroatoms. The Morgan fingerprint density at radius 3 is 2.47 bits per heavy atom. The summed E-state index contributed by atoms with van der Waals surface area (Å²) in [5.41, 5.74) is 0.920. The van der Waals surface area contributed by atoms with Gasteiger partial charge in [-0.25, -0.2) is 9.97 Å². The lowest BCUT2D eigenvalue weighted by molar-refractivity contribution is 0.362. The molecule has 0 unspecified atom stereocenters. The van der Waals surface area contributed by atoms with Gasteiger partial charge in [-0.1, -0.05) is 3.89 Å². The molecule has 0 N–H and O–H groups in total. The van der Waals surface area contributed by atoms with E-state index in [-0.39, 0.29) is 13.1 Å². The molecule has 0 aliphatic carbocycles. The van der Waals surface area contributed by atoms with E-state index in [0.29, 0.717) is 13.1 Å². The lowest BCUT2D eigenvalue weighted by atomic mass is 10.3. The van der Waals surface area contributed by atoms with Gasteiger partial charge in [-0.05, 0) is 6.92 Å². The topological polar surface area (TPSA) is 66.4 Å². The molecule has 1 aromatic heterocycles. The number of nitrogens with zero attached hydrogens (tertiary/aromatic N) is 4. The van der Waals surface area contributed by atoms with Crippen LogP contribution in [0.15, 0.2) is 12.5 Å². The SMILES string of the molecule is Cc1cncnc1N1CCN(S(=O)(=O)F)CC1. The van der Waals surface area contributed by atoms with Crippen molar-refractivity contribution in [2.45, 2.75) is 6.92 Å². The van der Waals surface area contributed by atoms with Crippen LogP contribution in [0.1, 0.15) is 5.56 Å². The molecule has 1 aliphatic rings. The van der Waals surface area contributed by atoms with Gasteiger partial charge in [-0.2, -0.15) is 12.7 Å². The molecule has 1 fully saturated rings. The third-order valence-corrected chi connectivity index (χ3v) is 3.70. The molecule has 0 saturated carbocycles. The fourth-order valence-electron chi connectivity index (χ4n) is 1.84. The fraction of sp³-hybridized carbons (Fsp3) is 0.556. The second-order valence-electron chi connectivity index (χ2n) is 3.86. The van der Waals surface area contributed by atoms with Crippen molar-refractivity contribution >= 4 is 16.2 Å². The predicted molar refractivity (Wildman–Crippen MR) is 60.6 cm³/mol. The van der Waals surface area contributed by atoms with E-state index in [1.165, 1.54) is 6.33 Å². The molecule has 0 bridgehead atoms. The lowest BCUT2D eigenvalue weighted by Gasteiger charge is -2.33. The van der Waals surface area contributed by atoms with Crippen LogP contribution in [0.25, 0.3) is 0 Å². The number of aryl methyl sites for hydroxylation is 1. The van der Waals surface area contributed by atoms with Gasteiger partial charge in [-0.3, -0.25) is 0 Å².